The second-order valence-corrected chi connectivity index (χ2v) is 7.38. The van der Waals surface area contributed by atoms with Gasteiger partial charge in [0.2, 0.25) is 0 Å². The SMILES string of the molecule is CC1CNCC(C)N1C(=O)OCc1cc(OCc2ccc(OC(F)F)cc2)ccc1F.Cl. The predicted molar refractivity (Wildman–Crippen MR) is 115 cm³/mol. The Kier molecular flexibility index (Phi) is 9.46. The zero-order valence-corrected chi connectivity index (χ0v) is 18.5. The molecule has 3 rings (SSSR count). The maximum absolute atomic E-state index is 14.2. The molecule has 2 atom stereocenters. The van der Waals surface area contributed by atoms with Gasteiger partial charge in [0.25, 0.3) is 0 Å². The fraction of sp³-hybridized carbons (Fsp3) is 0.409. The van der Waals surface area contributed by atoms with E-state index in [1.807, 2.05) is 13.8 Å². The highest BCUT2D eigenvalue weighted by atomic mass is 35.5. The zero-order chi connectivity index (χ0) is 22.4. The number of carbonyl (C=O) groups excluding carboxylic acids is 1. The third-order valence-corrected chi connectivity index (χ3v) is 4.96. The largest absolute Gasteiger partial charge is 0.489 e. The summed E-state index contributed by atoms with van der Waals surface area (Å²) < 4.78 is 53.9. The lowest BCUT2D eigenvalue weighted by Gasteiger charge is -2.38. The molecule has 1 aliphatic heterocycles. The molecule has 2 aromatic carbocycles. The number of halogens is 4. The highest BCUT2D eigenvalue weighted by Gasteiger charge is 2.30. The van der Waals surface area contributed by atoms with Crippen LogP contribution in [0.3, 0.4) is 0 Å². The van der Waals surface area contributed by atoms with Gasteiger partial charge in [0, 0.05) is 30.7 Å². The highest BCUT2D eigenvalue weighted by molar-refractivity contribution is 5.85. The molecule has 0 aromatic heterocycles. The standard InChI is InChI=1S/C22H25F3N2O4.ClH/c1-14-10-26-11-15(2)27(14)22(28)30-13-17-9-19(7-8-20(17)23)29-12-16-3-5-18(6-4-16)31-21(24)25;/h3-9,14-15,21,26H,10-13H2,1-2H3;1H. The molecule has 6 nitrogen and oxygen atoms in total. The minimum atomic E-state index is -2.88. The van der Waals surface area contributed by atoms with Crippen LogP contribution in [0, 0.1) is 5.82 Å². The molecule has 0 bridgehead atoms. The molecule has 0 spiro atoms. The van der Waals surface area contributed by atoms with Crippen molar-refractivity contribution in [3.05, 3.63) is 59.4 Å². The van der Waals surface area contributed by atoms with E-state index in [1.165, 1.54) is 30.3 Å². The molecule has 1 aliphatic rings. The normalized spacial score (nSPS) is 18.1. The van der Waals surface area contributed by atoms with E-state index in [0.717, 1.165) is 5.56 Å². The van der Waals surface area contributed by atoms with Gasteiger partial charge in [-0.3, -0.25) is 0 Å². The number of piperazine rings is 1. The number of hydrogen-bond acceptors (Lipinski definition) is 5. The van der Waals surface area contributed by atoms with Crippen LogP contribution in [0.5, 0.6) is 11.5 Å². The second kappa shape index (κ2) is 11.8. The Bertz CT molecular complexity index is 876. The van der Waals surface area contributed by atoms with Crippen LogP contribution < -0.4 is 14.8 Å². The molecule has 2 unspecified atom stereocenters. The van der Waals surface area contributed by atoms with Crippen LogP contribution in [0.25, 0.3) is 0 Å². The van der Waals surface area contributed by atoms with Gasteiger partial charge in [-0.25, -0.2) is 9.18 Å². The van der Waals surface area contributed by atoms with Gasteiger partial charge in [0.1, 0.15) is 30.5 Å². The lowest BCUT2D eigenvalue weighted by molar-refractivity contribution is -0.0498. The Labute approximate surface area is 191 Å². The minimum Gasteiger partial charge on any atom is -0.489 e. The fourth-order valence-electron chi connectivity index (χ4n) is 3.39. The molecular formula is C22H26ClF3N2O4. The molecule has 1 amide bonds. The van der Waals surface area contributed by atoms with E-state index in [-0.39, 0.29) is 49.0 Å². The minimum absolute atomic E-state index is 0. The first-order valence-electron chi connectivity index (χ1n) is 9.94. The average molecular weight is 475 g/mol. The molecular weight excluding hydrogens is 449 g/mol. The van der Waals surface area contributed by atoms with E-state index < -0.39 is 18.5 Å². The summed E-state index contributed by atoms with van der Waals surface area (Å²) in [5.74, 6) is -0.0583. The van der Waals surface area contributed by atoms with E-state index in [0.29, 0.717) is 18.8 Å². The molecule has 2 aromatic rings. The molecule has 10 heteroatoms. The highest BCUT2D eigenvalue weighted by Crippen LogP contribution is 2.21. The van der Waals surface area contributed by atoms with Crippen LogP contribution in [0.2, 0.25) is 0 Å². The summed E-state index contributed by atoms with van der Waals surface area (Å²) in [4.78, 5) is 14.1. The van der Waals surface area contributed by atoms with Crippen LogP contribution in [-0.4, -0.2) is 42.8 Å². The lowest BCUT2D eigenvalue weighted by Crippen LogP contribution is -2.57. The van der Waals surface area contributed by atoms with Crippen molar-refractivity contribution in [2.75, 3.05) is 13.1 Å². The van der Waals surface area contributed by atoms with Crippen LogP contribution >= 0.6 is 12.4 Å². The van der Waals surface area contributed by atoms with Gasteiger partial charge in [-0.05, 0) is 49.7 Å². The summed E-state index contributed by atoms with van der Waals surface area (Å²) in [6, 6.07) is 10.2. The number of benzene rings is 2. The monoisotopic (exact) mass is 474 g/mol. The van der Waals surface area contributed by atoms with Gasteiger partial charge in [0.15, 0.2) is 0 Å². The van der Waals surface area contributed by atoms with Crippen LogP contribution in [0.15, 0.2) is 42.5 Å². The Morgan fingerprint density at radius 1 is 1.06 bits per heavy atom. The van der Waals surface area contributed by atoms with Crippen LogP contribution in [0.1, 0.15) is 25.0 Å². The molecule has 0 aliphatic carbocycles. The Morgan fingerprint density at radius 2 is 1.69 bits per heavy atom. The van der Waals surface area contributed by atoms with Crippen molar-refractivity contribution >= 4 is 18.5 Å². The number of carbonyl (C=O) groups is 1. The average Bonchev–Trinajstić information content (AvgIpc) is 2.72. The second-order valence-electron chi connectivity index (χ2n) is 7.38. The number of rotatable bonds is 7. The van der Waals surface area contributed by atoms with Gasteiger partial charge >= 0.3 is 12.7 Å². The van der Waals surface area contributed by atoms with Crippen molar-refractivity contribution in [1.82, 2.24) is 10.2 Å². The summed E-state index contributed by atoms with van der Waals surface area (Å²) in [6.45, 7) is 2.24. The summed E-state index contributed by atoms with van der Waals surface area (Å²) in [5, 5.41) is 3.23. The van der Waals surface area contributed by atoms with E-state index in [1.54, 1.807) is 17.0 Å². The molecule has 1 heterocycles. The van der Waals surface area contributed by atoms with Gasteiger partial charge in [0.05, 0.1) is 0 Å². The Morgan fingerprint density at radius 3 is 2.31 bits per heavy atom. The number of ether oxygens (including phenoxy) is 3. The van der Waals surface area contributed by atoms with Crippen LogP contribution in [-0.2, 0) is 18.0 Å². The van der Waals surface area contributed by atoms with E-state index in [9.17, 15) is 18.0 Å². The van der Waals surface area contributed by atoms with Gasteiger partial charge < -0.3 is 24.4 Å². The summed E-state index contributed by atoms with van der Waals surface area (Å²) in [7, 11) is 0. The van der Waals surface area contributed by atoms with Crippen molar-refractivity contribution in [2.45, 2.75) is 45.8 Å². The maximum Gasteiger partial charge on any atom is 0.410 e. The van der Waals surface area contributed by atoms with Crippen molar-refractivity contribution < 1.29 is 32.2 Å². The number of nitrogens with zero attached hydrogens (tertiary/aromatic N) is 1. The molecule has 1 fully saturated rings. The number of amides is 1. The molecule has 176 valence electrons. The molecule has 0 saturated carbocycles. The molecule has 1 saturated heterocycles. The van der Waals surface area contributed by atoms with Crippen molar-refractivity contribution in [2.24, 2.45) is 0 Å². The summed E-state index contributed by atoms with van der Waals surface area (Å²) in [6.07, 6.45) is -0.488. The number of alkyl halides is 2. The van der Waals surface area contributed by atoms with Crippen molar-refractivity contribution in [1.29, 1.82) is 0 Å². The van der Waals surface area contributed by atoms with Gasteiger partial charge in [-0.1, -0.05) is 12.1 Å². The first kappa shape index (κ1) is 25.6. The molecule has 32 heavy (non-hydrogen) atoms. The third kappa shape index (κ3) is 6.93. The van der Waals surface area contributed by atoms with E-state index in [4.69, 9.17) is 9.47 Å². The van der Waals surface area contributed by atoms with E-state index in [2.05, 4.69) is 10.1 Å². The zero-order valence-electron chi connectivity index (χ0n) is 17.7. The summed E-state index contributed by atoms with van der Waals surface area (Å²) >= 11 is 0. The topological polar surface area (TPSA) is 60.0 Å². The first-order valence-corrected chi connectivity index (χ1v) is 9.94. The van der Waals surface area contributed by atoms with Crippen LogP contribution in [0.4, 0.5) is 18.0 Å². The third-order valence-electron chi connectivity index (χ3n) is 4.96. The first-order chi connectivity index (χ1) is 14.8. The smallest absolute Gasteiger partial charge is 0.410 e. The van der Waals surface area contributed by atoms with Gasteiger partial charge in [-0.2, -0.15) is 8.78 Å². The fourth-order valence-corrected chi connectivity index (χ4v) is 3.39. The number of hydrogen-bond donors (Lipinski definition) is 1. The van der Waals surface area contributed by atoms with Crippen molar-refractivity contribution in [3.63, 3.8) is 0 Å². The maximum atomic E-state index is 14.2. The van der Waals surface area contributed by atoms with Gasteiger partial charge in [-0.15, -0.1) is 12.4 Å². The molecule has 1 N–H and O–H groups in total. The Balaban J connectivity index is 0.00000363. The lowest BCUT2D eigenvalue weighted by atomic mass is 10.1. The Hall–Kier alpha value is -2.65. The predicted octanol–water partition coefficient (Wildman–Crippen LogP) is 4.75. The quantitative estimate of drug-likeness (QED) is 0.627. The van der Waals surface area contributed by atoms with Crippen molar-refractivity contribution in [3.8, 4) is 11.5 Å². The molecule has 0 radical (unpaired) electrons. The van der Waals surface area contributed by atoms with E-state index >= 15 is 0 Å². The summed E-state index contributed by atoms with van der Waals surface area (Å²) in [5.41, 5.74) is 0.919. The number of nitrogens with one attached hydrogen (secondary N) is 1.